The summed E-state index contributed by atoms with van der Waals surface area (Å²) in [5.41, 5.74) is -0.493. The van der Waals surface area contributed by atoms with Crippen LogP contribution in [-0.2, 0) is 4.79 Å². The van der Waals surface area contributed by atoms with E-state index in [1.165, 1.54) is 4.90 Å². The minimum absolute atomic E-state index is 0.275. The van der Waals surface area contributed by atoms with Gasteiger partial charge in [0.2, 0.25) is 0 Å². The third-order valence-electron chi connectivity index (χ3n) is 2.40. The zero-order valence-corrected chi connectivity index (χ0v) is 11.2. The Kier molecular flexibility index (Phi) is 6.61. The lowest BCUT2D eigenvalue weighted by atomic mass is 10.1. The van der Waals surface area contributed by atoms with E-state index < -0.39 is 11.5 Å². The molecule has 0 atom stereocenters. The van der Waals surface area contributed by atoms with Gasteiger partial charge in [0.1, 0.15) is 6.54 Å². The molecule has 0 aliphatic heterocycles. The van der Waals surface area contributed by atoms with Crippen molar-refractivity contribution in [1.29, 1.82) is 0 Å². The van der Waals surface area contributed by atoms with Crippen molar-refractivity contribution in [1.82, 2.24) is 10.2 Å². The summed E-state index contributed by atoms with van der Waals surface area (Å²) in [6.45, 7) is 7.88. The number of hydrogen-bond acceptors (Lipinski definition) is 2. The molecule has 0 saturated carbocycles. The van der Waals surface area contributed by atoms with Crippen molar-refractivity contribution in [2.75, 3.05) is 13.1 Å². The predicted molar refractivity (Wildman–Crippen MR) is 67.0 cm³/mol. The molecule has 0 heterocycles. The van der Waals surface area contributed by atoms with Gasteiger partial charge in [-0.25, -0.2) is 4.79 Å². The van der Waals surface area contributed by atoms with E-state index in [4.69, 9.17) is 5.11 Å². The van der Waals surface area contributed by atoms with Crippen LogP contribution in [0.3, 0.4) is 0 Å². The molecule has 0 fully saturated rings. The van der Waals surface area contributed by atoms with Crippen LogP contribution in [-0.4, -0.2) is 40.6 Å². The zero-order valence-electron chi connectivity index (χ0n) is 11.2. The lowest BCUT2D eigenvalue weighted by Gasteiger charge is -2.34. The number of amides is 2. The highest BCUT2D eigenvalue weighted by atomic mass is 16.4. The Balaban J connectivity index is 4.29. The number of rotatable bonds is 6. The van der Waals surface area contributed by atoms with Crippen LogP contribution >= 0.6 is 0 Å². The smallest absolute Gasteiger partial charge is 0.323 e. The van der Waals surface area contributed by atoms with Crippen molar-refractivity contribution in [2.24, 2.45) is 0 Å². The zero-order chi connectivity index (χ0) is 13.5. The van der Waals surface area contributed by atoms with Crippen LogP contribution in [0.4, 0.5) is 4.79 Å². The van der Waals surface area contributed by atoms with E-state index in [-0.39, 0.29) is 12.6 Å². The second-order valence-electron chi connectivity index (χ2n) is 5.09. The Morgan fingerprint density at radius 3 is 2.24 bits per heavy atom. The molecule has 5 nitrogen and oxygen atoms in total. The number of aliphatic carboxylic acids is 1. The summed E-state index contributed by atoms with van der Waals surface area (Å²) in [4.78, 5) is 23.9. The second-order valence-corrected chi connectivity index (χ2v) is 5.09. The van der Waals surface area contributed by atoms with Crippen molar-refractivity contribution < 1.29 is 14.7 Å². The SMILES string of the molecule is CCCCCNC(=O)N(CC(=O)O)C(C)(C)C. The molecule has 0 aromatic heterocycles. The van der Waals surface area contributed by atoms with Crippen molar-refractivity contribution in [3.63, 3.8) is 0 Å². The summed E-state index contributed by atoms with van der Waals surface area (Å²) in [5.74, 6) is -0.997. The summed E-state index contributed by atoms with van der Waals surface area (Å²) in [5, 5.41) is 11.5. The number of unbranched alkanes of at least 4 members (excludes halogenated alkanes) is 2. The summed E-state index contributed by atoms with van der Waals surface area (Å²) in [7, 11) is 0. The number of urea groups is 1. The Labute approximate surface area is 103 Å². The van der Waals surface area contributed by atoms with Gasteiger partial charge in [0.25, 0.3) is 0 Å². The number of nitrogens with zero attached hydrogens (tertiary/aromatic N) is 1. The summed E-state index contributed by atoms with van der Waals surface area (Å²) >= 11 is 0. The molecule has 0 saturated heterocycles. The molecular formula is C12H24N2O3. The fourth-order valence-electron chi connectivity index (χ4n) is 1.41. The largest absolute Gasteiger partial charge is 0.480 e. The van der Waals surface area contributed by atoms with Crippen LogP contribution < -0.4 is 5.32 Å². The van der Waals surface area contributed by atoms with E-state index >= 15 is 0 Å². The first-order chi connectivity index (χ1) is 7.79. The maximum Gasteiger partial charge on any atom is 0.323 e. The van der Waals surface area contributed by atoms with Crippen molar-refractivity contribution in [3.8, 4) is 0 Å². The molecule has 0 aromatic carbocycles. The first-order valence-corrected chi connectivity index (χ1v) is 6.06. The number of carbonyl (C=O) groups excluding carboxylic acids is 1. The molecule has 0 rings (SSSR count). The molecule has 0 aliphatic rings. The van der Waals surface area contributed by atoms with E-state index in [0.717, 1.165) is 19.3 Å². The summed E-state index contributed by atoms with van der Waals surface area (Å²) < 4.78 is 0. The summed E-state index contributed by atoms with van der Waals surface area (Å²) in [6.07, 6.45) is 3.08. The van der Waals surface area contributed by atoms with Gasteiger partial charge in [-0.1, -0.05) is 19.8 Å². The van der Waals surface area contributed by atoms with Crippen LogP contribution in [0, 0.1) is 0 Å². The first kappa shape index (κ1) is 15.7. The summed E-state index contributed by atoms with van der Waals surface area (Å²) in [6, 6.07) is -0.309. The van der Waals surface area contributed by atoms with Gasteiger partial charge in [0.05, 0.1) is 0 Å². The molecule has 0 unspecified atom stereocenters. The number of carboxylic acids is 1. The second kappa shape index (κ2) is 7.14. The van der Waals surface area contributed by atoms with Crippen molar-refractivity contribution >= 4 is 12.0 Å². The van der Waals surface area contributed by atoms with Crippen LogP contribution in [0.15, 0.2) is 0 Å². The fraction of sp³-hybridized carbons (Fsp3) is 0.833. The van der Waals surface area contributed by atoms with Gasteiger partial charge in [0, 0.05) is 12.1 Å². The molecule has 0 radical (unpaired) electrons. The Bertz CT molecular complexity index is 259. The van der Waals surface area contributed by atoms with Gasteiger partial charge in [-0.2, -0.15) is 0 Å². The molecule has 17 heavy (non-hydrogen) atoms. The van der Waals surface area contributed by atoms with Crippen LogP contribution in [0.5, 0.6) is 0 Å². The van der Waals surface area contributed by atoms with Gasteiger partial charge in [-0.05, 0) is 27.2 Å². The maximum absolute atomic E-state index is 11.8. The van der Waals surface area contributed by atoms with E-state index in [0.29, 0.717) is 6.54 Å². The average molecular weight is 244 g/mol. The average Bonchev–Trinajstić information content (AvgIpc) is 2.19. The quantitative estimate of drug-likeness (QED) is 0.703. The lowest BCUT2D eigenvalue weighted by Crippen LogP contribution is -2.52. The van der Waals surface area contributed by atoms with Crippen molar-refractivity contribution in [2.45, 2.75) is 52.5 Å². The Morgan fingerprint density at radius 1 is 1.24 bits per heavy atom. The lowest BCUT2D eigenvalue weighted by molar-refractivity contribution is -0.138. The normalized spacial score (nSPS) is 11.1. The van der Waals surface area contributed by atoms with E-state index in [1.54, 1.807) is 0 Å². The predicted octanol–water partition coefficient (Wildman–Crippen LogP) is 2.07. The highest BCUT2D eigenvalue weighted by Gasteiger charge is 2.27. The Morgan fingerprint density at radius 2 is 1.82 bits per heavy atom. The highest BCUT2D eigenvalue weighted by molar-refractivity contribution is 5.80. The molecule has 0 spiro atoms. The van der Waals surface area contributed by atoms with E-state index in [1.807, 2.05) is 20.8 Å². The minimum atomic E-state index is -0.997. The van der Waals surface area contributed by atoms with Gasteiger partial charge >= 0.3 is 12.0 Å². The monoisotopic (exact) mass is 244 g/mol. The molecule has 0 aliphatic carbocycles. The molecule has 2 amide bonds. The maximum atomic E-state index is 11.8. The van der Waals surface area contributed by atoms with Gasteiger partial charge in [-0.15, -0.1) is 0 Å². The highest BCUT2D eigenvalue weighted by Crippen LogP contribution is 2.12. The van der Waals surface area contributed by atoms with Crippen LogP contribution in [0.2, 0.25) is 0 Å². The number of hydrogen-bond donors (Lipinski definition) is 2. The van der Waals surface area contributed by atoms with E-state index in [2.05, 4.69) is 12.2 Å². The first-order valence-electron chi connectivity index (χ1n) is 6.06. The van der Waals surface area contributed by atoms with E-state index in [9.17, 15) is 9.59 Å². The third-order valence-corrected chi connectivity index (χ3v) is 2.40. The minimum Gasteiger partial charge on any atom is -0.480 e. The number of nitrogens with one attached hydrogen (secondary N) is 1. The van der Waals surface area contributed by atoms with Gasteiger partial charge in [-0.3, -0.25) is 4.79 Å². The topological polar surface area (TPSA) is 69.6 Å². The molecule has 0 bridgehead atoms. The van der Waals surface area contributed by atoms with Crippen LogP contribution in [0.1, 0.15) is 47.0 Å². The van der Waals surface area contributed by atoms with Crippen molar-refractivity contribution in [3.05, 3.63) is 0 Å². The molecule has 0 aromatic rings. The number of carbonyl (C=O) groups is 2. The van der Waals surface area contributed by atoms with Gasteiger partial charge in [0.15, 0.2) is 0 Å². The molecule has 100 valence electrons. The van der Waals surface area contributed by atoms with Gasteiger partial charge < -0.3 is 15.3 Å². The Hall–Kier alpha value is -1.26. The standard InChI is InChI=1S/C12H24N2O3/c1-5-6-7-8-13-11(17)14(9-10(15)16)12(2,3)4/h5-9H2,1-4H3,(H,13,17)(H,15,16). The number of carboxylic acid groups (broad SMARTS) is 1. The fourth-order valence-corrected chi connectivity index (χ4v) is 1.41. The molecular weight excluding hydrogens is 220 g/mol. The van der Waals surface area contributed by atoms with Crippen LogP contribution in [0.25, 0.3) is 0 Å². The third kappa shape index (κ3) is 6.81. The molecule has 5 heteroatoms. The molecule has 2 N–H and O–H groups in total.